The van der Waals surface area contributed by atoms with Gasteiger partial charge in [0.2, 0.25) is 5.89 Å². The number of anilines is 2. The fourth-order valence-corrected chi connectivity index (χ4v) is 1.29. The van der Waals surface area contributed by atoms with E-state index in [9.17, 15) is 0 Å². The molecule has 0 spiro atoms. The van der Waals surface area contributed by atoms with Gasteiger partial charge >= 0.3 is 0 Å². The SMILES string of the molecule is Cc1nc(CCNc2cc(N)ccn2)no1. The maximum Gasteiger partial charge on any atom is 0.223 e. The molecule has 0 aliphatic heterocycles. The molecule has 84 valence electrons. The van der Waals surface area contributed by atoms with Crippen molar-refractivity contribution in [2.75, 3.05) is 17.6 Å². The van der Waals surface area contributed by atoms with Gasteiger partial charge in [0, 0.05) is 37.8 Å². The van der Waals surface area contributed by atoms with Crippen LogP contribution in [0.2, 0.25) is 0 Å². The summed E-state index contributed by atoms with van der Waals surface area (Å²) < 4.78 is 4.86. The molecule has 0 bridgehead atoms. The molecule has 0 radical (unpaired) electrons. The van der Waals surface area contributed by atoms with Crippen LogP contribution >= 0.6 is 0 Å². The molecule has 6 heteroatoms. The quantitative estimate of drug-likeness (QED) is 0.797. The van der Waals surface area contributed by atoms with Crippen LogP contribution in [-0.4, -0.2) is 21.7 Å². The number of rotatable bonds is 4. The number of nitrogens with zero attached hydrogens (tertiary/aromatic N) is 3. The number of hydrogen-bond acceptors (Lipinski definition) is 6. The van der Waals surface area contributed by atoms with Crippen LogP contribution in [0, 0.1) is 6.92 Å². The highest BCUT2D eigenvalue weighted by atomic mass is 16.5. The molecule has 6 nitrogen and oxygen atoms in total. The van der Waals surface area contributed by atoms with Crippen LogP contribution in [-0.2, 0) is 6.42 Å². The number of pyridine rings is 1. The zero-order valence-corrected chi connectivity index (χ0v) is 8.97. The molecular formula is C10H13N5O. The van der Waals surface area contributed by atoms with E-state index in [2.05, 4.69) is 20.4 Å². The first-order valence-electron chi connectivity index (χ1n) is 4.98. The van der Waals surface area contributed by atoms with Crippen LogP contribution in [0.15, 0.2) is 22.9 Å². The topological polar surface area (TPSA) is 89.9 Å². The molecule has 2 aromatic rings. The molecule has 2 heterocycles. The van der Waals surface area contributed by atoms with E-state index in [1.54, 1.807) is 25.3 Å². The summed E-state index contributed by atoms with van der Waals surface area (Å²) in [5.74, 6) is 2.02. The summed E-state index contributed by atoms with van der Waals surface area (Å²) in [6.45, 7) is 2.46. The van der Waals surface area contributed by atoms with E-state index in [-0.39, 0.29) is 0 Å². The van der Waals surface area contributed by atoms with Crippen LogP contribution in [0.5, 0.6) is 0 Å². The third-order valence-corrected chi connectivity index (χ3v) is 2.01. The summed E-state index contributed by atoms with van der Waals surface area (Å²) in [4.78, 5) is 8.22. The van der Waals surface area contributed by atoms with Gasteiger partial charge in [-0.15, -0.1) is 0 Å². The van der Waals surface area contributed by atoms with Crippen molar-refractivity contribution in [3.05, 3.63) is 30.0 Å². The maximum absolute atomic E-state index is 5.63. The monoisotopic (exact) mass is 219 g/mol. The zero-order valence-electron chi connectivity index (χ0n) is 8.97. The Balaban J connectivity index is 1.84. The summed E-state index contributed by atoms with van der Waals surface area (Å²) in [5.41, 5.74) is 6.31. The molecule has 0 aliphatic carbocycles. The summed E-state index contributed by atoms with van der Waals surface area (Å²) in [5, 5.41) is 6.92. The van der Waals surface area contributed by atoms with Gasteiger partial charge in [-0.05, 0) is 6.07 Å². The largest absolute Gasteiger partial charge is 0.399 e. The Kier molecular flexibility index (Phi) is 3.00. The van der Waals surface area contributed by atoms with Crippen molar-refractivity contribution in [3.63, 3.8) is 0 Å². The maximum atomic E-state index is 5.63. The average molecular weight is 219 g/mol. The minimum atomic E-state index is 0.581. The Morgan fingerprint density at radius 3 is 3.06 bits per heavy atom. The molecule has 0 amide bonds. The summed E-state index contributed by atoms with van der Waals surface area (Å²) in [6, 6.07) is 3.52. The Labute approximate surface area is 92.9 Å². The number of nitrogens with one attached hydrogen (secondary N) is 1. The predicted molar refractivity (Wildman–Crippen MR) is 59.9 cm³/mol. The van der Waals surface area contributed by atoms with Crippen molar-refractivity contribution in [2.24, 2.45) is 0 Å². The third-order valence-electron chi connectivity index (χ3n) is 2.01. The van der Waals surface area contributed by atoms with Crippen LogP contribution in [0.25, 0.3) is 0 Å². The van der Waals surface area contributed by atoms with E-state index in [1.165, 1.54) is 0 Å². The first kappa shape index (κ1) is 10.4. The molecule has 0 atom stereocenters. The normalized spacial score (nSPS) is 10.3. The molecule has 0 aromatic carbocycles. The molecule has 0 saturated heterocycles. The first-order valence-corrected chi connectivity index (χ1v) is 4.98. The molecule has 2 rings (SSSR count). The molecule has 0 aliphatic rings. The lowest BCUT2D eigenvalue weighted by Crippen LogP contribution is -2.07. The van der Waals surface area contributed by atoms with E-state index in [0.717, 1.165) is 5.82 Å². The molecule has 0 saturated carbocycles. The summed E-state index contributed by atoms with van der Waals surface area (Å²) in [7, 11) is 0. The third kappa shape index (κ3) is 2.69. The molecule has 2 aromatic heterocycles. The highest BCUT2D eigenvalue weighted by Gasteiger charge is 2.01. The minimum absolute atomic E-state index is 0.581. The highest BCUT2D eigenvalue weighted by molar-refractivity contribution is 5.48. The standard InChI is InChI=1S/C10H13N5O/c1-7-14-9(15-16-7)3-5-13-10-6-8(11)2-4-12-10/h2,4,6H,3,5H2,1H3,(H3,11,12,13). The molecule has 0 unspecified atom stereocenters. The van der Waals surface area contributed by atoms with Crippen molar-refractivity contribution in [3.8, 4) is 0 Å². The van der Waals surface area contributed by atoms with Crippen molar-refractivity contribution in [2.45, 2.75) is 13.3 Å². The second-order valence-corrected chi connectivity index (χ2v) is 3.38. The Morgan fingerprint density at radius 2 is 2.38 bits per heavy atom. The summed E-state index contributed by atoms with van der Waals surface area (Å²) >= 11 is 0. The van der Waals surface area contributed by atoms with Gasteiger partial charge < -0.3 is 15.6 Å². The fourth-order valence-electron chi connectivity index (χ4n) is 1.29. The number of hydrogen-bond donors (Lipinski definition) is 2. The van der Waals surface area contributed by atoms with Crippen LogP contribution < -0.4 is 11.1 Å². The number of nitrogens with two attached hydrogens (primary N) is 1. The molecular weight excluding hydrogens is 206 g/mol. The van der Waals surface area contributed by atoms with Crippen molar-refractivity contribution >= 4 is 11.5 Å². The predicted octanol–water partition coefficient (Wildman–Crippen LogP) is 1.01. The van der Waals surface area contributed by atoms with Crippen LogP contribution in [0.4, 0.5) is 11.5 Å². The second-order valence-electron chi connectivity index (χ2n) is 3.38. The van der Waals surface area contributed by atoms with Crippen molar-refractivity contribution in [1.82, 2.24) is 15.1 Å². The van der Waals surface area contributed by atoms with Crippen molar-refractivity contribution < 1.29 is 4.52 Å². The fraction of sp³-hybridized carbons (Fsp3) is 0.300. The van der Waals surface area contributed by atoms with Gasteiger partial charge in [0.1, 0.15) is 5.82 Å². The highest BCUT2D eigenvalue weighted by Crippen LogP contribution is 2.07. The van der Waals surface area contributed by atoms with Crippen molar-refractivity contribution in [1.29, 1.82) is 0 Å². The summed E-state index contributed by atoms with van der Waals surface area (Å²) in [6.07, 6.45) is 2.35. The Bertz CT molecular complexity index is 468. The zero-order chi connectivity index (χ0) is 11.4. The van der Waals surface area contributed by atoms with E-state index < -0.39 is 0 Å². The van der Waals surface area contributed by atoms with Gasteiger partial charge in [0.15, 0.2) is 5.82 Å². The Hall–Kier alpha value is -2.11. The first-order chi connectivity index (χ1) is 7.74. The van der Waals surface area contributed by atoms with E-state index in [1.807, 2.05) is 0 Å². The lowest BCUT2D eigenvalue weighted by molar-refractivity contribution is 0.387. The smallest absolute Gasteiger partial charge is 0.223 e. The van der Waals surface area contributed by atoms with Gasteiger partial charge in [-0.2, -0.15) is 4.98 Å². The van der Waals surface area contributed by atoms with Gasteiger partial charge in [-0.25, -0.2) is 4.98 Å². The lowest BCUT2D eigenvalue weighted by Gasteiger charge is -2.03. The average Bonchev–Trinajstić information content (AvgIpc) is 2.64. The lowest BCUT2D eigenvalue weighted by atomic mass is 10.3. The van der Waals surface area contributed by atoms with Gasteiger partial charge in [-0.1, -0.05) is 5.16 Å². The number of aromatic nitrogens is 3. The van der Waals surface area contributed by atoms with E-state index in [0.29, 0.717) is 30.4 Å². The molecule has 3 N–H and O–H groups in total. The minimum Gasteiger partial charge on any atom is -0.399 e. The van der Waals surface area contributed by atoms with E-state index >= 15 is 0 Å². The second kappa shape index (κ2) is 4.61. The number of aryl methyl sites for hydroxylation is 1. The van der Waals surface area contributed by atoms with Crippen LogP contribution in [0.3, 0.4) is 0 Å². The van der Waals surface area contributed by atoms with Gasteiger partial charge in [0.05, 0.1) is 0 Å². The number of nitrogen functional groups attached to an aromatic ring is 1. The molecule has 0 fully saturated rings. The van der Waals surface area contributed by atoms with E-state index in [4.69, 9.17) is 10.3 Å². The van der Waals surface area contributed by atoms with Gasteiger partial charge in [-0.3, -0.25) is 0 Å². The van der Waals surface area contributed by atoms with Crippen LogP contribution in [0.1, 0.15) is 11.7 Å². The molecule has 16 heavy (non-hydrogen) atoms. The Morgan fingerprint density at radius 1 is 1.50 bits per heavy atom. The van der Waals surface area contributed by atoms with Gasteiger partial charge in [0.25, 0.3) is 0 Å².